The maximum atomic E-state index is 5.30. The van der Waals surface area contributed by atoms with Crippen LogP contribution in [0.15, 0.2) is 22.8 Å². The number of rotatable bonds is 5. The summed E-state index contributed by atoms with van der Waals surface area (Å²) < 4.78 is 5.30. The minimum atomic E-state index is 0.295. The summed E-state index contributed by atoms with van der Waals surface area (Å²) in [4.78, 5) is 0. The van der Waals surface area contributed by atoms with Gasteiger partial charge in [-0.1, -0.05) is 18.3 Å². The Morgan fingerprint density at radius 2 is 2.38 bits per heavy atom. The van der Waals surface area contributed by atoms with Gasteiger partial charge in [-0.2, -0.15) is 0 Å². The summed E-state index contributed by atoms with van der Waals surface area (Å²) in [6.07, 6.45) is 3.49. The summed E-state index contributed by atoms with van der Waals surface area (Å²) in [6.45, 7) is 4.19. The number of nitrogens with one attached hydrogen (secondary N) is 1. The summed E-state index contributed by atoms with van der Waals surface area (Å²) in [6, 6.07) is 4.18. The van der Waals surface area contributed by atoms with Crippen molar-refractivity contribution in [2.45, 2.75) is 32.7 Å². The summed E-state index contributed by atoms with van der Waals surface area (Å²) in [5.41, 5.74) is 0. The van der Waals surface area contributed by atoms with Crippen LogP contribution in [0.1, 0.15) is 24.6 Å². The van der Waals surface area contributed by atoms with E-state index in [1.807, 2.05) is 12.1 Å². The minimum Gasteiger partial charge on any atom is -0.469 e. The first-order chi connectivity index (χ1) is 7.78. The molecule has 0 saturated carbocycles. The molecule has 0 fully saturated rings. The Kier molecular flexibility index (Phi) is 3.56. The van der Waals surface area contributed by atoms with E-state index in [1.165, 1.54) is 0 Å². The quantitative estimate of drug-likeness (QED) is 0.868. The molecule has 0 spiro atoms. The molecule has 2 heterocycles. The second-order valence-corrected chi connectivity index (χ2v) is 4.75. The van der Waals surface area contributed by atoms with Crippen molar-refractivity contribution >= 4 is 16.5 Å². The monoisotopic (exact) mass is 237 g/mol. The maximum absolute atomic E-state index is 5.30. The first kappa shape index (κ1) is 11.1. The molecule has 0 aliphatic rings. The van der Waals surface area contributed by atoms with Gasteiger partial charge in [-0.3, -0.25) is 0 Å². The fourth-order valence-electron chi connectivity index (χ4n) is 1.45. The van der Waals surface area contributed by atoms with Gasteiger partial charge in [-0.25, -0.2) is 0 Å². The molecule has 86 valence electrons. The number of nitrogens with zero attached hydrogens (tertiary/aromatic N) is 2. The molecule has 0 amide bonds. The predicted molar refractivity (Wildman–Crippen MR) is 64.8 cm³/mol. The van der Waals surface area contributed by atoms with E-state index in [0.717, 1.165) is 28.7 Å². The van der Waals surface area contributed by atoms with Crippen molar-refractivity contribution in [3.05, 3.63) is 29.2 Å². The standard InChI is InChI=1S/C11H15N3OS/c1-3-10-13-14-11(16-10)12-8(2)7-9-5-4-6-15-9/h4-6,8H,3,7H2,1-2H3,(H,12,14). The minimum absolute atomic E-state index is 0.295. The highest BCUT2D eigenvalue weighted by Crippen LogP contribution is 2.17. The van der Waals surface area contributed by atoms with E-state index in [4.69, 9.17) is 4.42 Å². The Labute approximate surface area is 98.7 Å². The lowest BCUT2D eigenvalue weighted by atomic mass is 10.2. The van der Waals surface area contributed by atoms with E-state index in [9.17, 15) is 0 Å². The van der Waals surface area contributed by atoms with Crippen molar-refractivity contribution in [3.8, 4) is 0 Å². The van der Waals surface area contributed by atoms with Crippen molar-refractivity contribution < 1.29 is 4.42 Å². The van der Waals surface area contributed by atoms with Crippen LogP contribution in [0.25, 0.3) is 0 Å². The van der Waals surface area contributed by atoms with E-state index in [2.05, 4.69) is 29.4 Å². The Hall–Kier alpha value is -1.36. The number of aromatic nitrogens is 2. The van der Waals surface area contributed by atoms with Gasteiger partial charge in [0.1, 0.15) is 10.8 Å². The third-order valence-corrected chi connectivity index (χ3v) is 3.23. The van der Waals surface area contributed by atoms with Crippen LogP contribution < -0.4 is 5.32 Å². The highest BCUT2D eigenvalue weighted by Gasteiger charge is 2.08. The maximum Gasteiger partial charge on any atom is 0.205 e. The molecule has 0 saturated heterocycles. The zero-order valence-electron chi connectivity index (χ0n) is 9.43. The van der Waals surface area contributed by atoms with Gasteiger partial charge in [0.15, 0.2) is 0 Å². The third-order valence-electron chi connectivity index (χ3n) is 2.23. The smallest absolute Gasteiger partial charge is 0.205 e. The number of hydrogen-bond donors (Lipinski definition) is 1. The molecule has 0 aromatic carbocycles. The van der Waals surface area contributed by atoms with Gasteiger partial charge in [-0.15, -0.1) is 10.2 Å². The van der Waals surface area contributed by atoms with E-state index in [0.29, 0.717) is 6.04 Å². The first-order valence-electron chi connectivity index (χ1n) is 5.39. The molecule has 0 aliphatic heterocycles. The lowest BCUT2D eigenvalue weighted by Crippen LogP contribution is -2.17. The highest BCUT2D eigenvalue weighted by atomic mass is 32.1. The fourth-order valence-corrected chi connectivity index (χ4v) is 2.24. The zero-order valence-corrected chi connectivity index (χ0v) is 10.3. The number of hydrogen-bond acceptors (Lipinski definition) is 5. The summed E-state index contributed by atoms with van der Waals surface area (Å²) in [5, 5.41) is 13.4. The van der Waals surface area contributed by atoms with Crippen molar-refractivity contribution in [2.24, 2.45) is 0 Å². The largest absolute Gasteiger partial charge is 0.469 e. The zero-order chi connectivity index (χ0) is 11.4. The molecular formula is C11H15N3OS. The van der Waals surface area contributed by atoms with Gasteiger partial charge >= 0.3 is 0 Å². The van der Waals surface area contributed by atoms with Gasteiger partial charge < -0.3 is 9.73 Å². The summed E-state index contributed by atoms with van der Waals surface area (Å²) in [5.74, 6) is 0.986. The normalized spacial score (nSPS) is 12.6. The molecule has 2 aromatic heterocycles. The van der Waals surface area contributed by atoms with Crippen LogP contribution in [0.3, 0.4) is 0 Å². The molecule has 1 atom stereocenters. The first-order valence-corrected chi connectivity index (χ1v) is 6.21. The highest BCUT2D eigenvalue weighted by molar-refractivity contribution is 7.15. The van der Waals surface area contributed by atoms with Crippen molar-refractivity contribution in [2.75, 3.05) is 5.32 Å². The molecule has 2 rings (SSSR count). The van der Waals surface area contributed by atoms with Gasteiger partial charge in [0.05, 0.1) is 6.26 Å². The molecule has 0 aliphatic carbocycles. The van der Waals surface area contributed by atoms with Crippen LogP contribution in [0, 0.1) is 0 Å². The van der Waals surface area contributed by atoms with Gasteiger partial charge in [0, 0.05) is 12.5 Å². The van der Waals surface area contributed by atoms with Crippen molar-refractivity contribution in [1.82, 2.24) is 10.2 Å². The Balaban J connectivity index is 1.89. The molecule has 5 heteroatoms. The topological polar surface area (TPSA) is 51.0 Å². The molecule has 16 heavy (non-hydrogen) atoms. The van der Waals surface area contributed by atoms with E-state index in [1.54, 1.807) is 17.6 Å². The molecular weight excluding hydrogens is 222 g/mol. The van der Waals surface area contributed by atoms with Gasteiger partial charge in [0.2, 0.25) is 5.13 Å². The van der Waals surface area contributed by atoms with Crippen LogP contribution in [0.2, 0.25) is 0 Å². The predicted octanol–water partition coefficient (Wildman–Crippen LogP) is 2.74. The van der Waals surface area contributed by atoms with E-state index < -0.39 is 0 Å². The van der Waals surface area contributed by atoms with Crippen molar-refractivity contribution in [1.29, 1.82) is 0 Å². The Morgan fingerprint density at radius 3 is 3.00 bits per heavy atom. The number of aryl methyl sites for hydroxylation is 1. The second kappa shape index (κ2) is 5.12. The van der Waals surface area contributed by atoms with E-state index >= 15 is 0 Å². The summed E-state index contributed by atoms with van der Waals surface area (Å²) >= 11 is 1.61. The third kappa shape index (κ3) is 2.82. The average Bonchev–Trinajstić information content (AvgIpc) is 2.89. The Morgan fingerprint density at radius 1 is 1.50 bits per heavy atom. The lowest BCUT2D eigenvalue weighted by Gasteiger charge is -2.09. The molecule has 0 radical (unpaired) electrons. The molecule has 0 bridgehead atoms. The van der Waals surface area contributed by atoms with Crippen LogP contribution >= 0.6 is 11.3 Å². The fraction of sp³-hybridized carbons (Fsp3) is 0.455. The Bertz CT molecular complexity index is 424. The van der Waals surface area contributed by atoms with E-state index in [-0.39, 0.29) is 0 Å². The van der Waals surface area contributed by atoms with Crippen LogP contribution in [-0.2, 0) is 12.8 Å². The molecule has 1 unspecified atom stereocenters. The van der Waals surface area contributed by atoms with Crippen LogP contribution in [-0.4, -0.2) is 16.2 Å². The van der Waals surface area contributed by atoms with Crippen LogP contribution in [0.5, 0.6) is 0 Å². The SMILES string of the molecule is CCc1nnc(NC(C)Cc2ccco2)s1. The van der Waals surface area contributed by atoms with Crippen molar-refractivity contribution in [3.63, 3.8) is 0 Å². The second-order valence-electron chi connectivity index (χ2n) is 3.68. The number of furan rings is 1. The average molecular weight is 237 g/mol. The molecule has 2 aromatic rings. The summed E-state index contributed by atoms with van der Waals surface area (Å²) in [7, 11) is 0. The van der Waals surface area contributed by atoms with Gasteiger partial charge in [0.25, 0.3) is 0 Å². The van der Waals surface area contributed by atoms with Gasteiger partial charge in [-0.05, 0) is 25.5 Å². The lowest BCUT2D eigenvalue weighted by molar-refractivity contribution is 0.497. The number of anilines is 1. The molecule has 1 N–H and O–H groups in total. The molecule has 4 nitrogen and oxygen atoms in total. The van der Waals surface area contributed by atoms with Crippen LogP contribution in [0.4, 0.5) is 5.13 Å².